The number of imidazole rings is 1. The van der Waals surface area contributed by atoms with Crippen LogP contribution in [-0.2, 0) is 4.74 Å². The highest BCUT2D eigenvalue weighted by Gasteiger charge is 2.11. The number of rotatable bonds is 5. The molecule has 0 fully saturated rings. The first-order valence-corrected chi connectivity index (χ1v) is 5.56. The van der Waals surface area contributed by atoms with Gasteiger partial charge in [-0.25, -0.2) is 15.0 Å². The maximum atomic E-state index is 6.04. The van der Waals surface area contributed by atoms with Crippen LogP contribution in [0.4, 0.5) is 11.5 Å². The number of nitrogens with two attached hydrogens (primary N) is 1. The van der Waals surface area contributed by atoms with Crippen molar-refractivity contribution in [1.29, 1.82) is 0 Å². The van der Waals surface area contributed by atoms with Crippen LogP contribution in [0.2, 0.25) is 0 Å². The van der Waals surface area contributed by atoms with E-state index in [-0.39, 0.29) is 6.04 Å². The molecule has 18 heavy (non-hydrogen) atoms. The molecule has 7 nitrogen and oxygen atoms in total. The first kappa shape index (κ1) is 12.3. The van der Waals surface area contributed by atoms with E-state index in [9.17, 15) is 0 Å². The lowest BCUT2D eigenvalue weighted by Crippen LogP contribution is -2.22. The van der Waals surface area contributed by atoms with Gasteiger partial charge in [-0.15, -0.1) is 0 Å². The highest BCUT2D eigenvalue weighted by atomic mass is 16.5. The summed E-state index contributed by atoms with van der Waals surface area (Å²) in [6.45, 7) is 2.56. The number of ether oxygens (including phenoxy) is 1. The zero-order valence-electron chi connectivity index (χ0n) is 10.4. The molecule has 2 aromatic heterocycles. The minimum Gasteiger partial charge on any atom is -0.393 e. The molecule has 1 unspecified atom stereocenters. The predicted molar refractivity (Wildman–Crippen MR) is 68.5 cm³/mol. The van der Waals surface area contributed by atoms with Gasteiger partial charge in [-0.2, -0.15) is 0 Å². The molecule has 0 spiro atoms. The molecule has 0 radical (unpaired) electrons. The van der Waals surface area contributed by atoms with Crippen molar-refractivity contribution in [3.8, 4) is 5.82 Å². The smallest absolute Gasteiger partial charge is 0.166 e. The number of methoxy groups -OCH3 is 1. The van der Waals surface area contributed by atoms with Gasteiger partial charge in [0.1, 0.15) is 18.3 Å². The van der Waals surface area contributed by atoms with Crippen LogP contribution in [0, 0.1) is 0 Å². The largest absolute Gasteiger partial charge is 0.393 e. The Kier molecular flexibility index (Phi) is 3.73. The molecule has 0 aliphatic carbocycles. The van der Waals surface area contributed by atoms with Crippen molar-refractivity contribution in [2.45, 2.75) is 13.0 Å². The number of nitrogens with one attached hydrogen (secondary N) is 1. The van der Waals surface area contributed by atoms with Gasteiger partial charge in [-0.05, 0) is 6.92 Å². The molecule has 0 aliphatic heterocycles. The van der Waals surface area contributed by atoms with Gasteiger partial charge in [0.15, 0.2) is 11.6 Å². The summed E-state index contributed by atoms with van der Waals surface area (Å²) in [6.07, 6.45) is 6.55. The van der Waals surface area contributed by atoms with E-state index in [2.05, 4.69) is 20.3 Å². The minimum absolute atomic E-state index is 0.114. The van der Waals surface area contributed by atoms with Gasteiger partial charge in [-0.1, -0.05) is 0 Å². The van der Waals surface area contributed by atoms with Crippen molar-refractivity contribution >= 4 is 11.5 Å². The standard InChI is InChI=1S/C11H16N6O/c1-8(5-18-2)16-10-9(12)11(15-6-14-10)17-4-3-13-7-17/h3-4,6-8H,5,12H2,1-2H3,(H,14,15,16). The molecule has 2 rings (SSSR count). The topological polar surface area (TPSA) is 90.9 Å². The van der Waals surface area contributed by atoms with E-state index in [0.29, 0.717) is 23.9 Å². The number of hydrogen-bond acceptors (Lipinski definition) is 6. The molecule has 0 aliphatic rings. The number of hydrogen-bond donors (Lipinski definition) is 2. The van der Waals surface area contributed by atoms with Crippen LogP contribution < -0.4 is 11.1 Å². The third kappa shape index (κ3) is 2.57. The summed E-state index contributed by atoms with van der Waals surface area (Å²) in [5.74, 6) is 1.20. The lowest BCUT2D eigenvalue weighted by Gasteiger charge is -2.16. The Balaban J connectivity index is 2.25. The van der Waals surface area contributed by atoms with Crippen LogP contribution in [0.3, 0.4) is 0 Å². The maximum Gasteiger partial charge on any atom is 0.166 e. The zero-order chi connectivity index (χ0) is 13.0. The number of anilines is 2. The van der Waals surface area contributed by atoms with Crippen LogP contribution in [0.1, 0.15) is 6.92 Å². The Morgan fingerprint density at radius 1 is 1.50 bits per heavy atom. The highest BCUT2D eigenvalue weighted by Crippen LogP contribution is 2.21. The van der Waals surface area contributed by atoms with Crippen LogP contribution >= 0.6 is 0 Å². The zero-order valence-corrected chi connectivity index (χ0v) is 10.4. The summed E-state index contributed by atoms with van der Waals surface area (Å²) in [4.78, 5) is 12.3. The first-order valence-electron chi connectivity index (χ1n) is 5.56. The summed E-state index contributed by atoms with van der Waals surface area (Å²) in [5.41, 5.74) is 6.53. The average molecular weight is 248 g/mol. The van der Waals surface area contributed by atoms with Gasteiger partial charge >= 0.3 is 0 Å². The Morgan fingerprint density at radius 3 is 3.00 bits per heavy atom. The maximum absolute atomic E-state index is 6.04. The fourth-order valence-electron chi connectivity index (χ4n) is 1.62. The SMILES string of the molecule is COCC(C)Nc1ncnc(-n2ccnc2)c1N. The quantitative estimate of drug-likeness (QED) is 0.809. The minimum atomic E-state index is 0.114. The molecule has 2 aromatic rings. The van der Waals surface area contributed by atoms with Crippen molar-refractivity contribution in [3.05, 3.63) is 25.0 Å². The van der Waals surface area contributed by atoms with E-state index >= 15 is 0 Å². The van der Waals surface area contributed by atoms with Gasteiger partial charge in [0.25, 0.3) is 0 Å². The van der Waals surface area contributed by atoms with Gasteiger partial charge in [-0.3, -0.25) is 4.57 Å². The van der Waals surface area contributed by atoms with Crippen LogP contribution in [-0.4, -0.2) is 39.3 Å². The fourth-order valence-corrected chi connectivity index (χ4v) is 1.62. The average Bonchev–Trinajstić information content (AvgIpc) is 2.86. The van der Waals surface area contributed by atoms with Gasteiger partial charge in [0.2, 0.25) is 0 Å². The Bertz CT molecular complexity index is 498. The van der Waals surface area contributed by atoms with E-state index in [1.54, 1.807) is 30.4 Å². The Morgan fingerprint density at radius 2 is 2.33 bits per heavy atom. The molecule has 0 saturated carbocycles. The summed E-state index contributed by atoms with van der Waals surface area (Å²) in [5, 5.41) is 3.18. The summed E-state index contributed by atoms with van der Waals surface area (Å²) in [7, 11) is 1.65. The molecule has 7 heteroatoms. The monoisotopic (exact) mass is 248 g/mol. The molecule has 0 saturated heterocycles. The second-order valence-electron chi connectivity index (χ2n) is 3.93. The van der Waals surface area contributed by atoms with E-state index in [1.807, 2.05) is 6.92 Å². The van der Waals surface area contributed by atoms with Crippen LogP contribution in [0.25, 0.3) is 5.82 Å². The molecule has 0 amide bonds. The molecular formula is C11H16N6O. The summed E-state index contributed by atoms with van der Waals surface area (Å²) < 4.78 is 6.80. The van der Waals surface area contributed by atoms with Crippen LogP contribution in [0.5, 0.6) is 0 Å². The third-order valence-corrected chi connectivity index (χ3v) is 2.41. The third-order valence-electron chi connectivity index (χ3n) is 2.41. The Hall–Kier alpha value is -2.15. The van der Waals surface area contributed by atoms with Crippen LogP contribution in [0.15, 0.2) is 25.0 Å². The molecule has 0 bridgehead atoms. The number of nitrogens with zero attached hydrogens (tertiary/aromatic N) is 4. The van der Waals surface area contributed by atoms with Crippen molar-refractivity contribution < 1.29 is 4.74 Å². The number of aromatic nitrogens is 4. The van der Waals surface area contributed by atoms with Crippen molar-refractivity contribution in [3.63, 3.8) is 0 Å². The summed E-state index contributed by atoms with van der Waals surface area (Å²) >= 11 is 0. The molecule has 3 N–H and O–H groups in total. The highest BCUT2D eigenvalue weighted by molar-refractivity contribution is 5.69. The van der Waals surface area contributed by atoms with E-state index in [1.165, 1.54) is 6.33 Å². The van der Waals surface area contributed by atoms with E-state index < -0.39 is 0 Å². The predicted octanol–water partition coefficient (Wildman–Crippen LogP) is 0.691. The lowest BCUT2D eigenvalue weighted by molar-refractivity contribution is 0.190. The number of nitrogen functional groups attached to an aromatic ring is 1. The van der Waals surface area contributed by atoms with Crippen molar-refractivity contribution in [2.75, 3.05) is 24.8 Å². The Labute approximate surface area is 105 Å². The molecule has 96 valence electrons. The fraction of sp³-hybridized carbons (Fsp3) is 0.364. The van der Waals surface area contributed by atoms with Gasteiger partial charge in [0.05, 0.1) is 6.61 Å². The molecular weight excluding hydrogens is 232 g/mol. The van der Waals surface area contributed by atoms with Crippen molar-refractivity contribution in [2.24, 2.45) is 0 Å². The second kappa shape index (κ2) is 5.46. The summed E-state index contributed by atoms with van der Waals surface area (Å²) in [6, 6.07) is 0.114. The normalized spacial score (nSPS) is 12.3. The lowest BCUT2D eigenvalue weighted by atomic mass is 10.3. The second-order valence-corrected chi connectivity index (χ2v) is 3.93. The van der Waals surface area contributed by atoms with Crippen molar-refractivity contribution in [1.82, 2.24) is 19.5 Å². The van der Waals surface area contributed by atoms with E-state index in [0.717, 1.165) is 0 Å². The molecule has 1 atom stereocenters. The first-order chi connectivity index (χ1) is 8.72. The van der Waals surface area contributed by atoms with Gasteiger partial charge in [0, 0.05) is 25.5 Å². The van der Waals surface area contributed by atoms with E-state index in [4.69, 9.17) is 10.5 Å². The molecule has 0 aromatic carbocycles. The molecule has 2 heterocycles. The van der Waals surface area contributed by atoms with Gasteiger partial charge < -0.3 is 15.8 Å².